The van der Waals surface area contributed by atoms with Crippen LogP contribution in [0.15, 0.2) is 60.0 Å². The number of anilines is 3. The van der Waals surface area contributed by atoms with E-state index in [2.05, 4.69) is 38.8 Å². The van der Waals surface area contributed by atoms with Crippen LogP contribution in [0.4, 0.5) is 21.7 Å². The number of alkyl halides is 1. The van der Waals surface area contributed by atoms with E-state index in [1.54, 1.807) is 21.6 Å². The highest BCUT2D eigenvalue weighted by molar-refractivity contribution is 5.77. The van der Waals surface area contributed by atoms with Crippen molar-refractivity contribution >= 4 is 28.4 Å². The largest absolute Gasteiger partial charge is 0.384 e. The van der Waals surface area contributed by atoms with Crippen molar-refractivity contribution in [3.63, 3.8) is 0 Å². The topological polar surface area (TPSA) is 104 Å². The molecule has 2 saturated heterocycles. The van der Waals surface area contributed by atoms with Gasteiger partial charge < -0.3 is 20.2 Å². The number of allylic oxidation sites excluding steroid dienone is 1. The average Bonchev–Trinajstić information content (AvgIpc) is 3.50. The maximum absolute atomic E-state index is 13.4. The maximum Gasteiger partial charge on any atom is 0.278 e. The van der Waals surface area contributed by atoms with Gasteiger partial charge in [0.15, 0.2) is 11.5 Å². The Balaban J connectivity index is 1.16. The first kappa shape index (κ1) is 28.7. The van der Waals surface area contributed by atoms with Gasteiger partial charge in [0.2, 0.25) is 5.95 Å². The van der Waals surface area contributed by atoms with Crippen molar-refractivity contribution < 1.29 is 9.50 Å². The molecule has 2 fully saturated rings. The molecule has 44 heavy (non-hydrogen) atoms. The molecule has 2 N–H and O–H groups in total. The number of aliphatic hydroxyl groups is 1. The fourth-order valence-electron chi connectivity index (χ4n) is 7.40. The van der Waals surface area contributed by atoms with E-state index in [1.807, 2.05) is 31.2 Å². The van der Waals surface area contributed by atoms with E-state index >= 15 is 0 Å². The van der Waals surface area contributed by atoms with Crippen molar-refractivity contribution in [3.8, 4) is 5.82 Å². The van der Waals surface area contributed by atoms with Crippen molar-refractivity contribution in [2.45, 2.75) is 44.8 Å². The molecular formula is C33H39FN8O2. The number of aromatic nitrogens is 5. The number of benzene rings is 1. The van der Waals surface area contributed by atoms with Gasteiger partial charge in [0.05, 0.1) is 12.2 Å². The summed E-state index contributed by atoms with van der Waals surface area (Å²) in [6.45, 7) is 10.2. The van der Waals surface area contributed by atoms with Gasteiger partial charge >= 0.3 is 0 Å². The molecule has 1 aliphatic carbocycles. The molecule has 10 nitrogen and oxygen atoms in total. The number of rotatable bonds is 9. The summed E-state index contributed by atoms with van der Waals surface area (Å²) in [6, 6.07) is 12.1. The van der Waals surface area contributed by atoms with E-state index in [1.165, 1.54) is 12.1 Å². The average molecular weight is 599 g/mol. The van der Waals surface area contributed by atoms with Crippen molar-refractivity contribution in [1.82, 2.24) is 29.2 Å². The Morgan fingerprint density at radius 1 is 1.11 bits per heavy atom. The van der Waals surface area contributed by atoms with Gasteiger partial charge in [-0.1, -0.05) is 19.1 Å². The van der Waals surface area contributed by atoms with E-state index in [9.17, 15) is 14.3 Å². The first-order valence-electron chi connectivity index (χ1n) is 15.6. The lowest BCUT2D eigenvalue weighted by atomic mass is 9.84. The van der Waals surface area contributed by atoms with Crippen LogP contribution >= 0.6 is 0 Å². The van der Waals surface area contributed by atoms with Crippen molar-refractivity contribution in [2.75, 3.05) is 49.6 Å². The number of nitrogens with one attached hydrogen (secondary N) is 1. The Morgan fingerprint density at radius 3 is 2.59 bits per heavy atom. The fourth-order valence-corrected chi connectivity index (χ4v) is 7.40. The zero-order chi connectivity index (χ0) is 30.4. The lowest BCUT2D eigenvalue weighted by molar-refractivity contribution is 0.0306. The molecule has 230 valence electrons. The molecule has 7 rings (SSSR count). The first-order chi connectivity index (χ1) is 21.4. The minimum Gasteiger partial charge on any atom is -0.384 e. The van der Waals surface area contributed by atoms with Crippen LogP contribution in [-0.2, 0) is 18.6 Å². The van der Waals surface area contributed by atoms with Gasteiger partial charge in [-0.15, -0.1) is 6.58 Å². The second-order valence-corrected chi connectivity index (χ2v) is 12.5. The Labute approximate surface area is 255 Å². The number of hydrogen-bond donors (Lipinski definition) is 2. The van der Waals surface area contributed by atoms with Crippen LogP contribution in [0.5, 0.6) is 0 Å². The van der Waals surface area contributed by atoms with Crippen LogP contribution in [0, 0.1) is 11.8 Å². The Morgan fingerprint density at radius 2 is 1.89 bits per heavy atom. The van der Waals surface area contributed by atoms with Crippen molar-refractivity contribution in [2.24, 2.45) is 11.8 Å². The van der Waals surface area contributed by atoms with Gasteiger partial charge in [0.1, 0.15) is 17.7 Å². The van der Waals surface area contributed by atoms with Gasteiger partial charge in [-0.2, -0.15) is 4.98 Å². The van der Waals surface area contributed by atoms with E-state index in [0.717, 1.165) is 43.9 Å². The number of nitrogens with zero attached hydrogens (tertiary/aromatic N) is 7. The molecule has 3 aromatic heterocycles. The summed E-state index contributed by atoms with van der Waals surface area (Å²) >= 11 is 0. The van der Waals surface area contributed by atoms with Gasteiger partial charge in [-0.25, -0.2) is 23.7 Å². The molecule has 0 saturated carbocycles. The maximum atomic E-state index is 13.4. The standard InChI is InChI=1S/C33H39FN8O2/c1-3-14-41-31(43)27-17-35-32(38-30(27)42(41)28-10-5-24-11-12-33(44,4-2)29(24)37-28)36-25-6-8-26(9-7-25)40-20-22-16-23(21-40)19-39(18-22)15-13-34/h3,5-10,17,22-23,44H,1,4,11-16,18-21H2,2H3,(H,35,36,38)/t22?,23?,33-/m1/s1. The van der Waals surface area contributed by atoms with Crippen LogP contribution in [-0.4, -0.2) is 73.7 Å². The van der Waals surface area contributed by atoms with E-state index in [4.69, 9.17) is 9.97 Å². The number of hydrogen-bond acceptors (Lipinski definition) is 8. The monoisotopic (exact) mass is 598 g/mol. The van der Waals surface area contributed by atoms with E-state index < -0.39 is 5.60 Å². The normalized spacial score (nSPS) is 23.2. The van der Waals surface area contributed by atoms with Crippen molar-refractivity contribution in [3.05, 3.63) is 76.9 Å². The number of halogens is 1. The minimum atomic E-state index is -0.978. The fraction of sp³-hybridized carbons (Fsp3) is 0.455. The summed E-state index contributed by atoms with van der Waals surface area (Å²) in [5.74, 6) is 2.00. The SMILES string of the molecule is C=CCn1c(=O)c2cnc(Nc3ccc(N4CC5CC(CN(CCF)C5)C4)cc3)nc2n1-c1ccc2c(n1)[C@@](O)(CC)CC2. The Bertz CT molecular complexity index is 1740. The molecule has 5 heterocycles. The third-order valence-corrected chi connectivity index (χ3v) is 9.54. The molecule has 2 bridgehead atoms. The second-order valence-electron chi connectivity index (χ2n) is 12.5. The molecule has 4 aromatic rings. The molecule has 1 aromatic carbocycles. The van der Waals surface area contributed by atoms with Crippen LogP contribution < -0.4 is 15.8 Å². The molecule has 0 radical (unpaired) electrons. The first-order valence-corrected chi connectivity index (χ1v) is 15.6. The highest BCUT2D eigenvalue weighted by Crippen LogP contribution is 2.38. The van der Waals surface area contributed by atoms with Crippen LogP contribution in [0.3, 0.4) is 0 Å². The summed E-state index contributed by atoms with van der Waals surface area (Å²) in [5.41, 5.74) is 2.92. The number of aryl methyl sites for hydroxylation is 1. The summed E-state index contributed by atoms with van der Waals surface area (Å²) in [5, 5.41) is 14.9. The Hall–Kier alpha value is -4.09. The molecule has 3 atom stereocenters. The van der Waals surface area contributed by atoms with Gasteiger partial charge in [0.25, 0.3) is 5.56 Å². The zero-order valence-electron chi connectivity index (χ0n) is 25.1. The Kier molecular flexibility index (Phi) is 7.45. The summed E-state index contributed by atoms with van der Waals surface area (Å²) in [4.78, 5) is 32.2. The van der Waals surface area contributed by atoms with Crippen LogP contribution in [0.1, 0.15) is 37.4 Å². The van der Waals surface area contributed by atoms with Gasteiger partial charge in [0, 0.05) is 50.3 Å². The third kappa shape index (κ3) is 5.07. The predicted octanol–water partition coefficient (Wildman–Crippen LogP) is 4.18. The summed E-state index contributed by atoms with van der Waals surface area (Å²) in [7, 11) is 0. The molecule has 0 spiro atoms. The molecule has 3 aliphatic rings. The molecule has 11 heteroatoms. The summed E-state index contributed by atoms with van der Waals surface area (Å²) < 4.78 is 16.1. The van der Waals surface area contributed by atoms with Crippen LogP contribution in [0.2, 0.25) is 0 Å². The lowest BCUT2D eigenvalue weighted by Gasteiger charge is -2.46. The number of fused-ring (bicyclic) bond motifs is 4. The number of pyridine rings is 1. The molecular weight excluding hydrogens is 559 g/mol. The van der Waals surface area contributed by atoms with E-state index in [0.29, 0.717) is 59.7 Å². The highest BCUT2D eigenvalue weighted by Gasteiger charge is 2.37. The van der Waals surface area contributed by atoms with E-state index in [-0.39, 0.29) is 18.8 Å². The third-order valence-electron chi connectivity index (χ3n) is 9.54. The smallest absolute Gasteiger partial charge is 0.278 e. The van der Waals surface area contributed by atoms with Gasteiger partial charge in [-0.3, -0.25) is 4.79 Å². The second kappa shape index (κ2) is 11.4. The predicted molar refractivity (Wildman–Crippen MR) is 170 cm³/mol. The van der Waals surface area contributed by atoms with Gasteiger partial charge in [-0.05, 0) is 73.4 Å². The quantitative estimate of drug-likeness (QED) is 0.277. The van der Waals surface area contributed by atoms with Crippen LogP contribution in [0.25, 0.3) is 16.9 Å². The molecule has 2 aliphatic heterocycles. The molecule has 0 amide bonds. The summed E-state index contributed by atoms with van der Waals surface area (Å²) in [6.07, 6.45) is 6.40. The molecule has 2 unspecified atom stereocenters. The highest BCUT2D eigenvalue weighted by atomic mass is 19.1. The lowest BCUT2D eigenvalue weighted by Crippen LogP contribution is -2.53. The zero-order valence-corrected chi connectivity index (χ0v) is 25.1. The number of likely N-dealkylation sites (tertiary alicyclic amines) is 1. The number of piperidine rings is 2. The minimum absolute atomic E-state index is 0.233. The van der Waals surface area contributed by atoms with Crippen molar-refractivity contribution in [1.29, 1.82) is 0 Å².